The third-order valence-corrected chi connectivity index (χ3v) is 4.70. The van der Waals surface area contributed by atoms with Crippen LogP contribution in [0.4, 0.5) is 0 Å². The van der Waals surface area contributed by atoms with Gasteiger partial charge in [-0.05, 0) is 26.1 Å². The molecule has 1 aliphatic heterocycles. The zero-order valence-corrected chi connectivity index (χ0v) is 12.7. The molecule has 18 heavy (non-hydrogen) atoms. The van der Waals surface area contributed by atoms with Crippen LogP contribution in [0.25, 0.3) is 0 Å². The average molecular weight is 288 g/mol. The van der Waals surface area contributed by atoms with Crippen LogP contribution < -0.4 is 5.32 Å². The molecule has 5 heteroatoms. The minimum atomic E-state index is 0.668. The third-order valence-electron chi connectivity index (χ3n) is 3.47. The lowest BCUT2D eigenvalue weighted by molar-refractivity contribution is 0.101. The zero-order chi connectivity index (χ0) is 13.0. The number of rotatable bonds is 5. The van der Waals surface area contributed by atoms with Gasteiger partial charge in [-0.25, -0.2) is 0 Å². The molecule has 1 fully saturated rings. The maximum absolute atomic E-state index is 5.91. The Bertz CT molecular complexity index is 369. The van der Waals surface area contributed by atoms with Crippen LogP contribution in [0.1, 0.15) is 11.8 Å². The number of nitrogens with zero attached hydrogens (tertiary/aromatic N) is 2. The summed E-state index contributed by atoms with van der Waals surface area (Å²) in [5.74, 6) is 0. The van der Waals surface area contributed by atoms with Crippen LogP contribution >= 0.6 is 22.9 Å². The second-order valence-corrected chi connectivity index (χ2v) is 6.83. The number of halogens is 1. The second-order valence-electron chi connectivity index (χ2n) is 5.03. The van der Waals surface area contributed by atoms with E-state index in [-0.39, 0.29) is 0 Å². The molecule has 0 bridgehead atoms. The van der Waals surface area contributed by atoms with Crippen molar-refractivity contribution in [3.8, 4) is 0 Å². The van der Waals surface area contributed by atoms with Gasteiger partial charge in [-0.3, -0.25) is 4.90 Å². The van der Waals surface area contributed by atoms with Crippen LogP contribution in [0.2, 0.25) is 4.34 Å². The van der Waals surface area contributed by atoms with Crippen molar-refractivity contribution in [1.82, 2.24) is 15.1 Å². The molecule has 2 heterocycles. The molecule has 1 atom stereocenters. The largest absolute Gasteiger partial charge is 0.311 e. The van der Waals surface area contributed by atoms with Gasteiger partial charge in [-0.15, -0.1) is 11.3 Å². The minimum absolute atomic E-state index is 0.668. The maximum Gasteiger partial charge on any atom is 0.0931 e. The van der Waals surface area contributed by atoms with Crippen molar-refractivity contribution in [2.75, 3.05) is 39.8 Å². The summed E-state index contributed by atoms with van der Waals surface area (Å²) in [5.41, 5.74) is 0. The number of thiophene rings is 1. The van der Waals surface area contributed by atoms with Crippen molar-refractivity contribution in [3.05, 3.63) is 21.3 Å². The Morgan fingerprint density at radius 2 is 2.28 bits per heavy atom. The number of nitrogens with one attached hydrogen (secondary N) is 1. The standard InChI is InChI=1S/C13H22ClN3S/c1-11-10-16(2)7-8-17(11)6-5-15-9-12-3-4-13(14)18-12/h3-4,11,15H,5-10H2,1-2H3. The van der Waals surface area contributed by atoms with Crippen molar-refractivity contribution >= 4 is 22.9 Å². The lowest BCUT2D eigenvalue weighted by atomic mass is 10.2. The number of hydrogen-bond donors (Lipinski definition) is 1. The van der Waals surface area contributed by atoms with E-state index in [1.165, 1.54) is 24.5 Å². The monoisotopic (exact) mass is 287 g/mol. The van der Waals surface area contributed by atoms with Crippen LogP contribution in [0.5, 0.6) is 0 Å². The van der Waals surface area contributed by atoms with Gasteiger partial charge < -0.3 is 10.2 Å². The predicted molar refractivity (Wildman–Crippen MR) is 79.6 cm³/mol. The highest BCUT2D eigenvalue weighted by molar-refractivity contribution is 7.16. The van der Waals surface area contributed by atoms with Crippen molar-refractivity contribution in [2.45, 2.75) is 19.5 Å². The Balaban J connectivity index is 1.63. The van der Waals surface area contributed by atoms with E-state index in [0.717, 1.165) is 24.0 Å². The first-order valence-electron chi connectivity index (χ1n) is 6.52. The van der Waals surface area contributed by atoms with Crippen LogP contribution in [0.3, 0.4) is 0 Å². The fourth-order valence-electron chi connectivity index (χ4n) is 2.39. The molecule has 102 valence electrons. The Morgan fingerprint density at radius 3 is 2.94 bits per heavy atom. The average Bonchev–Trinajstić information content (AvgIpc) is 2.73. The molecule has 0 spiro atoms. The molecule has 1 N–H and O–H groups in total. The Morgan fingerprint density at radius 1 is 1.44 bits per heavy atom. The molecular formula is C13H22ClN3S. The van der Waals surface area contributed by atoms with Gasteiger partial charge in [0.1, 0.15) is 0 Å². The SMILES string of the molecule is CC1CN(C)CCN1CCNCc1ccc(Cl)s1. The summed E-state index contributed by atoms with van der Waals surface area (Å²) in [6.07, 6.45) is 0. The molecule has 3 nitrogen and oxygen atoms in total. The van der Waals surface area contributed by atoms with Gasteiger partial charge in [-0.1, -0.05) is 11.6 Å². The van der Waals surface area contributed by atoms with Crippen LogP contribution in [0.15, 0.2) is 12.1 Å². The van der Waals surface area contributed by atoms with E-state index in [0.29, 0.717) is 6.04 Å². The lowest BCUT2D eigenvalue weighted by Gasteiger charge is -2.38. The molecule has 0 amide bonds. The van der Waals surface area contributed by atoms with Crippen molar-refractivity contribution in [1.29, 1.82) is 0 Å². The molecule has 1 aromatic rings. The molecule has 0 radical (unpaired) electrons. The van der Waals surface area contributed by atoms with E-state index >= 15 is 0 Å². The summed E-state index contributed by atoms with van der Waals surface area (Å²) >= 11 is 7.56. The number of likely N-dealkylation sites (N-methyl/N-ethyl adjacent to an activating group) is 1. The van der Waals surface area contributed by atoms with E-state index < -0.39 is 0 Å². The predicted octanol–water partition coefficient (Wildman–Crippen LogP) is 2.13. The van der Waals surface area contributed by atoms with Crippen LogP contribution in [0, 0.1) is 0 Å². The molecule has 1 aromatic heterocycles. The van der Waals surface area contributed by atoms with Gasteiger partial charge >= 0.3 is 0 Å². The van der Waals surface area contributed by atoms with Crippen LogP contribution in [-0.4, -0.2) is 55.6 Å². The fraction of sp³-hybridized carbons (Fsp3) is 0.692. The molecule has 0 aliphatic carbocycles. The van der Waals surface area contributed by atoms with Gasteiger partial charge in [-0.2, -0.15) is 0 Å². The summed E-state index contributed by atoms with van der Waals surface area (Å²) < 4.78 is 0.875. The second kappa shape index (κ2) is 6.87. The highest BCUT2D eigenvalue weighted by Gasteiger charge is 2.20. The third kappa shape index (κ3) is 4.21. The zero-order valence-electron chi connectivity index (χ0n) is 11.2. The molecule has 1 aliphatic rings. The fourth-order valence-corrected chi connectivity index (χ4v) is 3.45. The summed E-state index contributed by atoms with van der Waals surface area (Å²) in [4.78, 5) is 6.28. The Kier molecular flexibility index (Phi) is 5.45. The Labute approximate surface area is 119 Å². The van der Waals surface area contributed by atoms with E-state index in [1.807, 2.05) is 6.07 Å². The van der Waals surface area contributed by atoms with Crippen molar-refractivity contribution in [3.63, 3.8) is 0 Å². The van der Waals surface area contributed by atoms with Crippen molar-refractivity contribution in [2.24, 2.45) is 0 Å². The van der Waals surface area contributed by atoms with Gasteiger partial charge in [0.25, 0.3) is 0 Å². The van der Waals surface area contributed by atoms with Gasteiger partial charge in [0.2, 0.25) is 0 Å². The van der Waals surface area contributed by atoms with Gasteiger partial charge in [0, 0.05) is 50.2 Å². The molecule has 1 unspecified atom stereocenters. The highest BCUT2D eigenvalue weighted by atomic mass is 35.5. The topological polar surface area (TPSA) is 18.5 Å². The number of hydrogen-bond acceptors (Lipinski definition) is 4. The van der Waals surface area contributed by atoms with E-state index in [4.69, 9.17) is 11.6 Å². The lowest BCUT2D eigenvalue weighted by Crippen LogP contribution is -2.51. The Hall–Kier alpha value is -0.130. The summed E-state index contributed by atoms with van der Waals surface area (Å²) in [5, 5.41) is 3.49. The first-order chi connectivity index (χ1) is 8.65. The summed E-state index contributed by atoms with van der Waals surface area (Å²) in [6, 6.07) is 4.73. The molecule has 2 rings (SSSR count). The van der Waals surface area contributed by atoms with E-state index in [1.54, 1.807) is 11.3 Å². The quantitative estimate of drug-likeness (QED) is 0.837. The van der Waals surface area contributed by atoms with E-state index in [2.05, 4.69) is 35.2 Å². The summed E-state index contributed by atoms with van der Waals surface area (Å²) in [7, 11) is 2.20. The first kappa shape index (κ1) is 14.3. The number of piperazine rings is 1. The first-order valence-corrected chi connectivity index (χ1v) is 7.72. The molecular weight excluding hydrogens is 266 g/mol. The molecule has 0 aromatic carbocycles. The highest BCUT2D eigenvalue weighted by Crippen LogP contribution is 2.20. The van der Waals surface area contributed by atoms with Crippen LogP contribution in [-0.2, 0) is 6.54 Å². The minimum Gasteiger partial charge on any atom is -0.311 e. The van der Waals surface area contributed by atoms with E-state index in [9.17, 15) is 0 Å². The molecule has 1 saturated heterocycles. The van der Waals surface area contributed by atoms with Gasteiger partial charge in [0.15, 0.2) is 0 Å². The van der Waals surface area contributed by atoms with Gasteiger partial charge in [0.05, 0.1) is 4.34 Å². The normalized spacial score (nSPS) is 22.5. The summed E-state index contributed by atoms with van der Waals surface area (Å²) in [6.45, 7) is 8.97. The molecule has 0 saturated carbocycles. The maximum atomic E-state index is 5.91. The van der Waals surface area contributed by atoms with Crippen molar-refractivity contribution < 1.29 is 0 Å². The smallest absolute Gasteiger partial charge is 0.0931 e.